The Hall–Kier alpha value is -2.64. The fourth-order valence-corrected chi connectivity index (χ4v) is 4.69. The standard InChI is InChI=1S/C22H23N5S2/c1-15-8-10-16(11-9-15)21-23-18(13-28-21)14-29-22-25-24-20(27(22)4)17-6-5-7-19(12-17)26(2)3/h5-13H,14H2,1-4H3. The second kappa shape index (κ2) is 8.39. The van der Waals surface area contributed by atoms with E-state index in [9.17, 15) is 0 Å². The van der Waals surface area contributed by atoms with Crippen molar-refractivity contribution in [3.8, 4) is 22.0 Å². The molecule has 0 aliphatic heterocycles. The molecule has 2 aromatic carbocycles. The Balaban J connectivity index is 1.48. The topological polar surface area (TPSA) is 46.8 Å². The van der Waals surface area contributed by atoms with Gasteiger partial charge < -0.3 is 9.47 Å². The largest absolute Gasteiger partial charge is 0.378 e. The summed E-state index contributed by atoms with van der Waals surface area (Å²) in [5.74, 6) is 1.64. The first-order chi connectivity index (χ1) is 14.0. The zero-order valence-electron chi connectivity index (χ0n) is 17.0. The molecule has 4 aromatic rings. The van der Waals surface area contributed by atoms with Gasteiger partial charge in [-0.15, -0.1) is 21.5 Å². The molecule has 4 rings (SSSR count). The zero-order chi connectivity index (χ0) is 20.4. The van der Waals surface area contributed by atoms with Crippen LogP contribution in [0.3, 0.4) is 0 Å². The maximum Gasteiger partial charge on any atom is 0.191 e. The fraction of sp³-hybridized carbons (Fsp3) is 0.227. The Morgan fingerprint density at radius 1 is 1.03 bits per heavy atom. The van der Waals surface area contributed by atoms with Gasteiger partial charge in [-0.3, -0.25) is 0 Å². The average molecular weight is 422 g/mol. The molecule has 0 N–H and O–H groups in total. The predicted molar refractivity (Wildman–Crippen MR) is 123 cm³/mol. The van der Waals surface area contributed by atoms with Gasteiger partial charge in [0.1, 0.15) is 5.01 Å². The van der Waals surface area contributed by atoms with Crippen molar-refractivity contribution >= 4 is 28.8 Å². The first-order valence-corrected chi connectivity index (χ1v) is 11.2. The lowest BCUT2D eigenvalue weighted by atomic mass is 10.2. The van der Waals surface area contributed by atoms with Gasteiger partial charge in [-0.25, -0.2) is 4.98 Å². The molecule has 2 aromatic heterocycles. The monoisotopic (exact) mass is 421 g/mol. The SMILES string of the molecule is Cc1ccc(-c2nc(CSc3nnc(-c4cccc(N(C)C)c4)n3C)cs2)cc1. The van der Waals surface area contributed by atoms with Crippen LogP contribution in [0.15, 0.2) is 59.1 Å². The summed E-state index contributed by atoms with van der Waals surface area (Å²) in [5, 5.41) is 12.9. The van der Waals surface area contributed by atoms with E-state index in [0.717, 1.165) is 38.7 Å². The number of thiazole rings is 1. The van der Waals surface area contributed by atoms with Crippen molar-refractivity contribution in [1.29, 1.82) is 0 Å². The van der Waals surface area contributed by atoms with Gasteiger partial charge in [0.2, 0.25) is 0 Å². The highest BCUT2D eigenvalue weighted by atomic mass is 32.2. The van der Waals surface area contributed by atoms with E-state index in [1.165, 1.54) is 11.1 Å². The Kier molecular flexibility index (Phi) is 5.69. The third-order valence-electron chi connectivity index (χ3n) is 4.66. The van der Waals surface area contributed by atoms with Gasteiger partial charge in [0.05, 0.1) is 5.69 Å². The van der Waals surface area contributed by atoms with Crippen LogP contribution in [0.5, 0.6) is 0 Å². The molecule has 0 saturated carbocycles. The second-order valence-corrected chi connectivity index (χ2v) is 8.91. The second-order valence-electron chi connectivity index (χ2n) is 7.11. The summed E-state index contributed by atoms with van der Waals surface area (Å²) in [6.07, 6.45) is 0. The molecular formula is C22H23N5S2. The molecule has 7 heteroatoms. The summed E-state index contributed by atoms with van der Waals surface area (Å²) in [6.45, 7) is 2.10. The van der Waals surface area contributed by atoms with Crippen LogP contribution in [-0.2, 0) is 12.8 Å². The van der Waals surface area contributed by atoms with Crippen LogP contribution >= 0.6 is 23.1 Å². The average Bonchev–Trinajstić information content (AvgIpc) is 3.34. The van der Waals surface area contributed by atoms with Crippen LogP contribution < -0.4 is 4.90 Å². The third-order valence-corrected chi connectivity index (χ3v) is 6.65. The van der Waals surface area contributed by atoms with E-state index in [-0.39, 0.29) is 0 Å². The molecule has 0 fully saturated rings. The Morgan fingerprint density at radius 2 is 1.83 bits per heavy atom. The minimum Gasteiger partial charge on any atom is -0.378 e. The quantitative estimate of drug-likeness (QED) is 0.397. The lowest BCUT2D eigenvalue weighted by molar-refractivity contribution is 0.793. The van der Waals surface area contributed by atoms with Crippen molar-refractivity contribution in [2.24, 2.45) is 7.05 Å². The van der Waals surface area contributed by atoms with Gasteiger partial charge >= 0.3 is 0 Å². The predicted octanol–water partition coefficient (Wildman–Crippen LogP) is 5.27. The summed E-state index contributed by atoms with van der Waals surface area (Å²) in [6, 6.07) is 16.8. The van der Waals surface area contributed by atoms with Gasteiger partial charge in [-0.05, 0) is 19.1 Å². The first kappa shape index (κ1) is 19.7. The number of hydrogen-bond donors (Lipinski definition) is 0. The van der Waals surface area contributed by atoms with Gasteiger partial charge in [0.25, 0.3) is 0 Å². The third kappa shape index (κ3) is 4.36. The van der Waals surface area contributed by atoms with Crippen molar-refractivity contribution in [3.05, 3.63) is 65.2 Å². The summed E-state index contributed by atoms with van der Waals surface area (Å²) in [7, 11) is 6.09. The number of hydrogen-bond acceptors (Lipinski definition) is 6. The molecule has 2 heterocycles. The minimum absolute atomic E-state index is 0.770. The molecule has 0 spiro atoms. The van der Waals surface area contributed by atoms with E-state index in [1.807, 2.05) is 31.8 Å². The molecule has 0 amide bonds. The van der Waals surface area contributed by atoms with E-state index >= 15 is 0 Å². The highest BCUT2D eigenvalue weighted by molar-refractivity contribution is 7.98. The summed E-state index contributed by atoms with van der Waals surface area (Å²) < 4.78 is 2.05. The highest BCUT2D eigenvalue weighted by Crippen LogP contribution is 2.29. The van der Waals surface area contributed by atoms with Crippen molar-refractivity contribution in [2.75, 3.05) is 19.0 Å². The normalized spacial score (nSPS) is 11.0. The molecule has 5 nitrogen and oxygen atoms in total. The number of aromatic nitrogens is 4. The smallest absolute Gasteiger partial charge is 0.191 e. The number of thioether (sulfide) groups is 1. The fourth-order valence-electron chi connectivity index (χ4n) is 2.96. The Morgan fingerprint density at radius 3 is 2.59 bits per heavy atom. The van der Waals surface area contributed by atoms with Crippen LogP contribution in [0.1, 0.15) is 11.3 Å². The minimum atomic E-state index is 0.770. The molecule has 29 heavy (non-hydrogen) atoms. The highest BCUT2D eigenvalue weighted by Gasteiger charge is 2.13. The molecule has 148 valence electrons. The summed E-state index contributed by atoms with van der Waals surface area (Å²) in [4.78, 5) is 6.87. The van der Waals surface area contributed by atoms with E-state index < -0.39 is 0 Å². The van der Waals surface area contributed by atoms with Gasteiger partial charge in [0, 0.05) is 49.1 Å². The summed E-state index contributed by atoms with van der Waals surface area (Å²) in [5.41, 5.74) is 5.70. The van der Waals surface area contributed by atoms with E-state index in [1.54, 1.807) is 23.1 Å². The number of anilines is 1. The van der Waals surface area contributed by atoms with Crippen molar-refractivity contribution in [1.82, 2.24) is 19.7 Å². The van der Waals surface area contributed by atoms with Crippen LogP contribution in [-0.4, -0.2) is 33.8 Å². The number of rotatable bonds is 6. The maximum atomic E-state index is 4.79. The lowest BCUT2D eigenvalue weighted by Gasteiger charge is -2.13. The summed E-state index contributed by atoms with van der Waals surface area (Å²) >= 11 is 3.34. The molecule has 0 unspecified atom stereocenters. The van der Waals surface area contributed by atoms with E-state index in [4.69, 9.17) is 4.98 Å². The van der Waals surface area contributed by atoms with E-state index in [2.05, 4.69) is 69.9 Å². The molecule has 0 atom stereocenters. The van der Waals surface area contributed by atoms with Crippen LogP contribution in [0.2, 0.25) is 0 Å². The van der Waals surface area contributed by atoms with Crippen molar-refractivity contribution in [3.63, 3.8) is 0 Å². The van der Waals surface area contributed by atoms with E-state index in [0.29, 0.717) is 0 Å². The number of nitrogens with zero attached hydrogens (tertiary/aromatic N) is 5. The lowest BCUT2D eigenvalue weighted by Crippen LogP contribution is -2.08. The first-order valence-electron chi connectivity index (χ1n) is 9.32. The van der Waals surface area contributed by atoms with Gasteiger partial charge in [0.15, 0.2) is 11.0 Å². The number of aryl methyl sites for hydroxylation is 1. The number of benzene rings is 2. The molecule has 0 saturated heterocycles. The molecule has 0 aliphatic carbocycles. The van der Waals surface area contributed by atoms with Crippen LogP contribution in [0.4, 0.5) is 5.69 Å². The molecule has 0 bridgehead atoms. The van der Waals surface area contributed by atoms with Crippen LogP contribution in [0.25, 0.3) is 22.0 Å². The molecular weight excluding hydrogens is 398 g/mol. The Labute approximate surface area is 179 Å². The Bertz CT molecular complexity index is 1110. The molecule has 0 aliphatic rings. The van der Waals surface area contributed by atoms with Gasteiger partial charge in [-0.1, -0.05) is 53.7 Å². The maximum absolute atomic E-state index is 4.79. The van der Waals surface area contributed by atoms with Crippen LogP contribution in [0, 0.1) is 6.92 Å². The zero-order valence-corrected chi connectivity index (χ0v) is 18.6. The van der Waals surface area contributed by atoms with Crippen molar-refractivity contribution in [2.45, 2.75) is 17.8 Å². The molecule has 0 radical (unpaired) electrons. The van der Waals surface area contributed by atoms with Crippen molar-refractivity contribution < 1.29 is 0 Å². The van der Waals surface area contributed by atoms with Gasteiger partial charge in [-0.2, -0.15) is 0 Å².